The number of carbonyl (C=O) groups is 2. The fourth-order valence-electron chi connectivity index (χ4n) is 7.39. The van der Waals surface area contributed by atoms with Gasteiger partial charge in [0.05, 0.1) is 38.3 Å². The van der Waals surface area contributed by atoms with Gasteiger partial charge in [-0.3, -0.25) is 4.79 Å². The van der Waals surface area contributed by atoms with E-state index in [-0.39, 0.29) is 18.3 Å². The minimum absolute atomic E-state index is 0.157. The molecule has 0 aromatic carbocycles. The van der Waals surface area contributed by atoms with Crippen molar-refractivity contribution in [1.82, 2.24) is 0 Å². The highest BCUT2D eigenvalue weighted by Gasteiger charge is 2.66. The van der Waals surface area contributed by atoms with Crippen LogP contribution in [0.2, 0.25) is 0 Å². The maximum absolute atomic E-state index is 13.5. The van der Waals surface area contributed by atoms with Gasteiger partial charge in [-0.2, -0.15) is 0 Å². The van der Waals surface area contributed by atoms with Crippen molar-refractivity contribution in [2.45, 2.75) is 82.4 Å². The van der Waals surface area contributed by atoms with Gasteiger partial charge in [-0.25, -0.2) is 4.79 Å². The van der Waals surface area contributed by atoms with Gasteiger partial charge in [0.2, 0.25) is 0 Å². The Labute approximate surface area is 220 Å². The molecule has 3 heterocycles. The number of aliphatic hydroxyl groups excluding tert-OH is 4. The molecule has 210 valence electrons. The molecule has 4 aliphatic rings. The lowest BCUT2D eigenvalue weighted by atomic mass is 9.44. The molecule has 4 N–H and O–H groups in total. The SMILES string of the molecule is COC(=O)C1=CCC[C@@H]2[C@]3(C)C[C@H](c4ccoc4)OC(=O)[C@@H]3C[C@@H](O[C@H]3O[C@@H](CO)[C@H](O)[C@@H](O)[C@@H]3O)[C@@]12C. The molecule has 2 aliphatic carbocycles. The van der Waals surface area contributed by atoms with Crippen molar-refractivity contribution in [3.05, 3.63) is 35.8 Å². The van der Waals surface area contributed by atoms with Crippen LogP contribution in [0.4, 0.5) is 0 Å². The van der Waals surface area contributed by atoms with Gasteiger partial charge in [-0.15, -0.1) is 0 Å². The third-order valence-corrected chi connectivity index (χ3v) is 9.45. The van der Waals surface area contributed by atoms with Crippen LogP contribution in [0.15, 0.2) is 34.7 Å². The van der Waals surface area contributed by atoms with E-state index in [1.165, 1.54) is 13.4 Å². The lowest BCUT2D eigenvalue weighted by Gasteiger charge is -2.62. The molecule has 0 amide bonds. The minimum atomic E-state index is -1.62. The van der Waals surface area contributed by atoms with Crippen molar-refractivity contribution < 1.29 is 53.4 Å². The number of hydrogen-bond acceptors (Lipinski definition) is 11. The van der Waals surface area contributed by atoms with Crippen molar-refractivity contribution in [3.63, 3.8) is 0 Å². The van der Waals surface area contributed by atoms with E-state index in [0.717, 1.165) is 5.56 Å². The first-order valence-electron chi connectivity index (χ1n) is 13.0. The average molecular weight is 537 g/mol. The van der Waals surface area contributed by atoms with E-state index in [9.17, 15) is 30.0 Å². The lowest BCUT2D eigenvalue weighted by molar-refractivity contribution is -0.329. The molecular formula is C27H36O11. The second-order valence-corrected chi connectivity index (χ2v) is 11.3. The van der Waals surface area contributed by atoms with Crippen LogP contribution in [0.25, 0.3) is 0 Å². The number of fused-ring (bicyclic) bond motifs is 3. The van der Waals surface area contributed by atoms with Gasteiger partial charge in [-0.1, -0.05) is 19.9 Å². The maximum Gasteiger partial charge on any atom is 0.334 e. The zero-order valence-electron chi connectivity index (χ0n) is 21.7. The number of aliphatic hydroxyl groups is 4. The van der Waals surface area contributed by atoms with E-state index in [4.69, 9.17) is 23.4 Å². The van der Waals surface area contributed by atoms with Crippen molar-refractivity contribution in [2.75, 3.05) is 13.7 Å². The predicted octanol–water partition coefficient (Wildman–Crippen LogP) is 0.995. The Morgan fingerprint density at radius 3 is 2.61 bits per heavy atom. The van der Waals surface area contributed by atoms with E-state index in [1.54, 1.807) is 12.3 Å². The zero-order valence-corrected chi connectivity index (χ0v) is 21.7. The fraction of sp³-hybridized carbons (Fsp3) is 0.704. The van der Waals surface area contributed by atoms with Crippen LogP contribution in [-0.2, 0) is 28.5 Å². The first-order chi connectivity index (χ1) is 18.1. The summed E-state index contributed by atoms with van der Waals surface area (Å²) in [5, 5.41) is 40.8. The first kappa shape index (κ1) is 27.3. The summed E-state index contributed by atoms with van der Waals surface area (Å²) in [4.78, 5) is 26.5. The van der Waals surface area contributed by atoms with E-state index < -0.39 is 72.2 Å². The summed E-state index contributed by atoms with van der Waals surface area (Å²) in [7, 11) is 1.31. The number of ether oxygens (including phenoxy) is 4. The largest absolute Gasteiger partial charge is 0.472 e. The summed E-state index contributed by atoms with van der Waals surface area (Å²) >= 11 is 0. The van der Waals surface area contributed by atoms with Gasteiger partial charge in [0, 0.05) is 16.6 Å². The van der Waals surface area contributed by atoms with Gasteiger partial charge >= 0.3 is 11.9 Å². The number of allylic oxidation sites excluding steroid dienone is 1. The topological polar surface area (TPSA) is 165 Å². The Kier molecular flexibility index (Phi) is 7.21. The number of carbonyl (C=O) groups excluding carboxylic acids is 2. The molecule has 0 bridgehead atoms. The molecule has 1 saturated carbocycles. The van der Waals surface area contributed by atoms with Gasteiger partial charge in [0.1, 0.15) is 30.5 Å². The van der Waals surface area contributed by atoms with E-state index in [1.807, 2.05) is 13.0 Å². The number of methoxy groups -OCH3 is 1. The second-order valence-electron chi connectivity index (χ2n) is 11.3. The van der Waals surface area contributed by atoms with Crippen molar-refractivity contribution in [1.29, 1.82) is 0 Å². The number of hydrogen-bond donors (Lipinski definition) is 4. The highest BCUT2D eigenvalue weighted by Crippen LogP contribution is 2.65. The summed E-state index contributed by atoms with van der Waals surface area (Å²) in [6.45, 7) is 3.35. The third-order valence-electron chi connectivity index (χ3n) is 9.45. The minimum Gasteiger partial charge on any atom is -0.472 e. The zero-order chi connectivity index (χ0) is 27.4. The normalized spacial score (nSPS) is 44.9. The van der Waals surface area contributed by atoms with E-state index in [0.29, 0.717) is 24.8 Å². The predicted molar refractivity (Wildman–Crippen MR) is 128 cm³/mol. The van der Waals surface area contributed by atoms with E-state index in [2.05, 4.69) is 6.92 Å². The molecule has 11 nitrogen and oxygen atoms in total. The average Bonchev–Trinajstić information content (AvgIpc) is 3.44. The Bertz CT molecular complexity index is 1070. The maximum atomic E-state index is 13.5. The van der Waals surface area contributed by atoms with Crippen molar-refractivity contribution >= 4 is 11.9 Å². The van der Waals surface area contributed by atoms with Crippen LogP contribution >= 0.6 is 0 Å². The number of cyclic esters (lactones) is 1. The van der Waals surface area contributed by atoms with Crippen molar-refractivity contribution in [3.8, 4) is 0 Å². The summed E-state index contributed by atoms with van der Waals surface area (Å²) < 4.78 is 28.2. The van der Waals surface area contributed by atoms with Crippen molar-refractivity contribution in [2.24, 2.45) is 22.7 Å². The fourth-order valence-corrected chi connectivity index (χ4v) is 7.39. The van der Waals surface area contributed by atoms with Crippen LogP contribution in [0, 0.1) is 22.7 Å². The number of esters is 2. The van der Waals surface area contributed by atoms with Crippen LogP contribution in [0.3, 0.4) is 0 Å². The summed E-state index contributed by atoms with van der Waals surface area (Å²) in [6, 6.07) is 1.77. The second kappa shape index (κ2) is 10.0. The molecule has 1 aromatic heterocycles. The molecule has 5 rings (SSSR count). The highest BCUT2D eigenvalue weighted by molar-refractivity contribution is 5.90. The molecule has 1 aromatic rings. The lowest BCUT2D eigenvalue weighted by Crippen LogP contribution is -2.65. The van der Waals surface area contributed by atoms with Crippen LogP contribution in [-0.4, -0.2) is 82.9 Å². The smallest absolute Gasteiger partial charge is 0.334 e. The molecule has 2 aliphatic heterocycles. The summed E-state index contributed by atoms with van der Waals surface area (Å²) in [5.41, 5.74) is -0.341. The van der Waals surface area contributed by atoms with Gasteiger partial charge in [0.25, 0.3) is 0 Å². The molecule has 11 atom stereocenters. The molecule has 0 radical (unpaired) electrons. The molecule has 0 unspecified atom stereocenters. The molecule has 0 spiro atoms. The van der Waals surface area contributed by atoms with Gasteiger partial charge < -0.3 is 43.8 Å². The Balaban J connectivity index is 1.54. The monoisotopic (exact) mass is 536 g/mol. The Morgan fingerprint density at radius 1 is 1.18 bits per heavy atom. The quantitative estimate of drug-likeness (QED) is 0.397. The highest BCUT2D eigenvalue weighted by atomic mass is 16.7. The molecule has 11 heteroatoms. The summed E-state index contributed by atoms with van der Waals surface area (Å²) in [5.74, 6) is -1.68. The molecule has 38 heavy (non-hydrogen) atoms. The Morgan fingerprint density at radius 2 is 1.95 bits per heavy atom. The standard InChI is InChI=1S/C27H36O11/c1-26-10-16(13-7-8-35-12-13)36-24(33)15(26)9-19(27(2)14(23(32)34-3)5-4-6-18(26)27)38-25-22(31)21(30)20(29)17(11-28)37-25/h5,7-8,12,15-22,25,28-31H,4,6,9-11H2,1-3H3/t15-,16+,17-,18+,19+,20-,21+,22-,25+,26+,27-/m0/s1. The molecule has 3 fully saturated rings. The van der Waals surface area contributed by atoms with Crippen LogP contribution in [0.5, 0.6) is 0 Å². The van der Waals surface area contributed by atoms with Crippen LogP contribution in [0.1, 0.15) is 51.2 Å². The number of rotatable bonds is 5. The van der Waals surface area contributed by atoms with Gasteiger partial charge in [-0.05, 0) is 43.1 Å². The van der Waals surface area contributed by atoms with Gasteiger partial charge in [0.15, 0.2) is 6.29 Å². The van der Waals surface area contributed by atoms with Crippen LogP contribution < -0.4 is 0 Å². The molecule has 2 saturated heterocycles. The number of furan rings is 1. The first-order valence-corrected chi connectivity index (χ1v) is 13.0. The molecular weight excluding hydrogens is 500 g/mol. The summed E-state index contributed by atoms with van der Waals surface area (Å²) in [6.07, 6.45) is -1.81. The Hall–Kier alpha value is -2.28. The third kappa shape index (κ3) is 4.11. The van der Waals surface area contributed by atoms with E-state index >= 15 is 0 Å².